The van der Waals surface area contributed by atoms with Gasteiger partial charge in [0.2, 0.25) is 11.8 Å². The Balaban J connectivity index is 2.88. The second kappa shape index (κ2) is 5.71. The smallest absolute Gasteiger partial charge is 0.245 e. The maximum absolute atomic E-state index is 12.1. The van der Waals surface area contributed by atoms with Crippen LogP contribution in [-0.2, 0) is 19.4 Å². The molecule has 2 atom stereocenters. The number of piperazine rings is 1. The molecule has 1 N–H and O–H groups in total. The summed E-state index contributed by atoms with van der Waals surface area (Å²) in [4.78, 5) is 25.4. The number of rotatable bonds is 4. The van der Waals surface area contributed by atoms with E-state index in [0.29, 0.717) is 6.42 Å². The van der Waals surface area contributed by atoms with Crippen LogP contribution in [0.25, 0.3) is 0 Å². The number of amides is 2. The molecule has 20 heavy (non-hydrogen) atoms. The molecule has 0 saturated carbocycles. The quantitative estimate of drug-likeness (QED) is 0.811. The Kier molecular flexibility index (Phi) is 4.84. The molecule has 0 bridgehead atoms. The van der Waals surface area contributed by atoms with E-state index >= 15 is 0 Å². The summed E-state index contributed by atoms with van der Waals surface area (Å²) in [5.74, 6) is -0.563. The summed E-state index contributed by atoms with van der Waals surface area (Å²) in [5, 5.41) is 2.61. The van der Waals surface area contributed by atoms with Crippen molar-refractivity contribution in [3.8, 4) is 0 Å². The highest BCUT2D eigenvalue weighted by atomic mass is 32.2. The summed E-state index contributed by atoms with van der Waals surface area (Å²) < 4.78 is 23.4. The van der Waals surface area contributed by atoms with Crippen LogP contribution in [0.15, 0.2) is 0 Å². The first-order valence-corrected chi connectivity index (χ1v) is 8.49. The van der Waals surface area contributed by atoms with Gasteiger partial charge in [0.15, 0.2) is 9.84 Å². The van der Waals surface area contributed by atoms with E-state index in [4.69, 9.17) is 0 Å². The Morgan fingerprint density at radius 2 is 1.80 bits per heavy atom. The maximum atomic E-state index is 12.1. The molecule has 0 aliphatic carbocycles. The number of carbonyl (C=O) groups is 2. The van der Waals surface area contributed by atoms with E-state index in [1.54, 1.807) is 34.6 Å². The lowest BCUT2D eigenvalue weighted by Crippen LogP contribution is -2.63. The normalized spacial score (nSPS) is 24.8. The van der Waals surface area contributed by atoms with Gasteiger partial charge in [0.1, 0.15) is 12.1 Å². The van der Waals surface area contributed by atoms with Crippen molar-refractivity contribution in [2.45, 2.75) is 57.9 Å². The lowest BCUT2D eigenvalue weighted by molar-refractivity contribution is -0.148. The Morgan fingerprint density at radius 3 is 2.25 bits per heavy atom. The standard InChI is InChI=1S/C13H24N2O4S/c1-6-10-11(16)14-9(2)12(17)15(10)7-8-20(18,19)13(3,4)5/h9-10H,6-8H2,1-5H3,(H,14,16). The fraction of sp³-hybridized carbons (Fsp3) is 0.846. The fourth-order valence-corrected chi connectivity index (χ4v) is 3.16. The van der Waals surface area contributed by atoms with Crippen LogP contribution in [0.3, 0.4) is 0 Å². The van der Waals surface area contributed by atoms with Crippen molar-refractivity contribution in [2.75, 3.05) is 12.3 Å². The largest absolute Gasteiger partial charge is 0.343 e. The molecule has 0 aromatic heterocycles. The second-order valence-corrected chi connectivity index (χ2v) is 8.98. The monoisotopic (exact) mass is 304 g/mol. The van der Waals surface area contributed by atoms with Crippen molar-refractivity contribution in [2.24, 2.45) is 0 Å². The summed E-state index contributed by atoms with van der Waals surface area (Å²) in [5.41, 5.74) is 0. The third-order valence-electron chi connectivity index (χ3n) is 3.61. The molecule has 2 unspecified atom stereocenters. The summed E-state index contributed by atoms with van der Waals surface area (Å²) in [6.07, 6.45) is 0.472. The Hall–Kier alpha value is -1.11. The predicted molar refractivity (Wildman–Crippen MR) is 76.9 cm³/mol. The van der Waals surface area contributed by atoms with Crippen molar-refractivity contribution in [1.82, 2.24) is 10.2 Å². The fourth-order valence-electron chi connectivity index (χ4n) is 2.11. The molecule has 0 aromatic carbocycles. The summed E-state index contributed by atoms with van der Waals surface area (Å²) >= 11 is 0. The number of hydrogen-bond acceptors (Lipinski definition) is 4. The molecule has 116 valence electrons. The van der Waals surface area contributed by atoms with Crippen molar-refractivity contribution >= 4 is 21.7 Å². The first kappa shape index (κ1) is 16.9. The number of sulfone groups is 1. The van der Waals surface area contributed by atoms with E-state index in [0.717, 1.165) is 0 Å². The molecule has 1 rings (SSSR count). The first-order valence-electron chi connectivity index (χ1n) is 6.84. The van der Waals surface area contributed by atoms with E-state index in [9.17, 15) is 18.0 Å². The zero-order valence-electron chi connectivity index (χ0n) is 12.8. The predicted octanol–water partition coefficient (Wildman–Crippen LogP) is 0.325. The van der Waals surface area contributed by atoms with Crippen molar-refractivity contribution in [1.29, 1.82) is 0 Å². The van der Waals surface area contributed by atoms with E-state index < -0.39 is 26.7 Å². The zero-order valence-corrected chi connectivity index (χ0v) is 13.6. The molecule has 6 nitrogen and oxygen atoms in total. The first-order chi connectivity index (χ1) is 9.01. The van der Waals surface area contributed by atoms with Gasteiger partial charge in [-0.05, 0) is 34.1 Å². The topological polar surface area (TPSA) is 83.6 Å². The van der Waals surface area contributed by atoms with Gasteiger partial charge >= 0.3 is 0 Å². The molecular formula is C13H24N2O4S. The average molecular weight is 304 g/mol. The molecule has 1 fully saturated rings. The van der Waals surface area contributed by atoms with Crippen LogP contribution < -0.4 is 5.32 Å². The minimum Gasteiger partial charge on any atom is -0.343 e. The van der Waals surface area contributed by atoms with E-state index in [-0.39, 0.29) is 24.1 Å². The van der Waals surface area contributed by atoms with E-state index in [1.807, 2.05) is 0 Å². The molecule has 1 aliphatic rings. The second-order valence-electron chi connectivity index (χ2n) is 6.12. The van der Waals surface area contributed by atoms with E-state index in [2.05, 4.69) is 5.32 Å². The minimum atomic E-state index is -3.31. The third kappa shape index (κ3) is 3.31. The van der Waals surface area contributed by atoms with Crippen LogP contribution in [-0.4, -0.2) is 54.3 Å². The molecule has 1 heterocycles. The number of nitrogens with zero attached hydrogens (tertiary/aromatic N) is 1. The van der Waals surface area contributed by atoms with Gasteiger partial charge in [-0.15, -0.1) is 0 Å². The molecule has 0 spiro atoms. The molecule has 1 saturated heterocycles. The SMILES string of the molecule is CCC1C(=O)NC(C)C(=O)N1CCS(=O)(=O)C(C)(C)C. The Bertz CT molecular complexity index is 493. The number of hydrogen-bond donors (Lipinski definition) is 1. The third-order valence-corrected chi connectivity index (χ3v) is 6.20. The van der Waals surface area contributed by atoms with Crippen LogP contribution in [0, 0.1) is 0 Å². The van der Waals surface area contributed by atoms with Crippen molar-refractivity contribution < 1.29 is 18.0 Å². The number of nitrogens with one attached hydrogen (secondary N) is 1. The maximum Gasteiger partial charge on any atom is 0.245 e. The highest BCUT2D eigenvalue weighted by molar-refractivity contribution is 7.92. The van der Waals surface area contributed by atoms with Crippen LogP contribution in [0.4, 0.5) is 0 Å². The summed E-state index contributed by atoms with van der Waals surface area (Å²) in [6, 6.07) is -1.17. The van der Waals surface area contributed by atoms with Crippen molar-refractivity contribution in [3.63, 3.8) is 0 Å². The highest BCUT2D eigenvalue weighted by Gasteiger charge is 2.39. The molecular weight excluding hydrogens is 280 g/mol. The zero-order chi connectivity index (χ0) is 15.7. The molecule has 0 aromatic rings. The van der Waals surface area contributed by atoms with Gasteiger partial charge in [-0.2, -0.15) is 0 Å². The van der Waals surface area contributed by atoms with Crippen LogP contribution in [0.5, 0.6) is 0 Å². The summed E-state index contributed by atoms with van der Waals surface area (Å²) in [7, 11) is -3.31. The number of carbonyl (C=O) groups excluding carboxylic acids is 2. The Morgan fingerprint density at radius 1 is 1.25 bits per heavy atom. The van der Waals surface area contributed by atoms with Gasteiger partial charge < -0.3 is 10.2 Å². The van der Waals surface area contributed by atoms with Gasteiger partial charge in [-0.25, -0.2) is 8.42 Å². The van der Waals surface area contributed by atoms with Gasteiger partial charge in [-0.1, -0.05) is 6.92 Å². The van der Waals surface area contributed by atoms with Gasteiger partial charge in [0.25, 0.3) is 0 Å². The van der Waals surface area contributed by atoms with Crippen LogP contribution in [0.1, 0.15) is 41.0 Å². The Labute approximate surface area is 120 Å². The van der Waals surface area contributed by atoms with Crippen molar-refractivity contribution in [3.05, 3.63) is 0 Å². The van der Waals surface area contributed by atoms with Crippen LogP contribution >= 0.6 is 0 Å². The average Bonchev–Trinajstić information content (AvgIpc) is 2.30. The highest BCUT2D eigenvalue weighted by Crippen LogP contribution is 2.18. The molecule has 2 amide bonds. The molecule has 1 aliphatic heterocycles. The molecule has 7 heteroatoms. The van der Waals surface area contributed by atoms with Gasteiger partial charge in [0.05, 0.1) is 10.5 Å². The van der Waals surface area contributed by atoms with E-state index in [1.165, 1.54) is 4.90 Å². The van der Waals surface area contributed by atoms with Crippen LogP contribution in [0.2, 0.25) is 0 Å². The minimum absolute atomic E-state index is 0.0642. The van der Waals surface area contributed by atoms with Gasteiger partial charge in [0, 0.05) is 6.54 Å². The molecule has 0 radical (unpaired) electrons. The van der Waals surface area contributed by atoms with Gasteiger partial charge in [-0.3, -0.25) is 9.59 Å². The lowest BCUT2D eigenvalue weighted by atomic mass is 10.1. The summed E-state index contributed by atoms with van der Waals surface area (Å²) in [6.45, 7) is 8.37. The lowest BCUT2D eigenvalue weighted by Gasteiger charge is -2.37.